The van der Waals surface area contributed by atoms with Crippen LogP contribution in [0.5, 0.6) is 0 Å². The van der Waals surface area contributed by atoms with Gasteiger partial charge in [-0.05, 0) is 63.1 Å². The van der Waals surface area contributed by atoms with Crippen molar-refractivity contribution in [3.05, 3.63) is 105 Å². The van der Waals surface area contributed by atoms with Crippen LogP contribution in [0.1, 0.15) is 58.7 Å². The number of rotatable bonds is 9. The van der Waals surface area contributed by atoms with Crippen LogP contribution in [-0.4, -0.2) is 38.1 Å². The fourth-order valence-corrected chi connectivity index (χ4v) is 4.54. The molecule has 0 aliphatic carbocycles. The first-order chi connectivity index (χ1) is 16.9. The van der Waals surface area contributed by atoms with Crippen molar-refractivity contribution in [1.82, 2.24) is 19.1 Å². The topological polar surface area (TPSA) is 85.6 Å². The Morgan fingerprint density at radius 2 is 1.75 bits per heavy atom. The maximum absolute atomic E-state index is 13.7. The Kier molecular flexibility index (Phi) is 9.07. The number of nitrogens with two attached hydrogens (primary N) is 1. The van der Waals surface area contributed by atoms with Crippen molar-refractivity contribution >= 4 is 23.8 Å². The molecule has 0 saturated heterocycles. The van der Waals surface area contributed by atoms with Crippen molar-refractivity contribution in [3.8, 4) is 0 Å². The van der Waals surface area contributed by atoms with E-state index >= 15 is 0 Å². The number of hydrogen-bond donors (Lipinski definition) is 1. The molecular formula is C28H34ClN5O2. The van der Waals surface area contributed by atoms with Gasteiger partial charge in [-0.2, -0.15) is 9.61 Å². The minimum absolute atomic E-state index is 0. The quantitative estimate of drug-likeness (QED) is 0.361. The molecule has 8 heteroatoms. The Morgan fingerprint density at radius 1 is 1.06 bits per heavy atom. The van der Waals surface area contributed by atoms with Gasteiger partial charge in [-0.15, -0.1) is 12.4 Å². The van der Waals surface area contributed by atoms with E-state index in [4.69, 9.17) is 5.73 Å². The summed E-state index contributed by atoms with van der Waals surface area (Å²) in [4.78, 5) is 29.2. The molecule has 2 heterocycles. The second kappa shape index (κ2) is 12.0. The molecule has 0 saturated carbocycles. The zero-order valence-electron chi connectivity index (χ0n) is 21.1. The molecule has 1 atom stereocenters. The van der Waals surface area contributed by atoms with Gasteiger partial charge in [0.15, 0.2) is 0 Å². The number of carbonyl (C=O) groups excluding carboxylic acids is 1. The van der Waals surface area contributed by atoms with Gasteiger partial charge in [0.25, 0.3) is 5.91 Å². The Bertz CT molecular complexity index is 1360. The van der Waals surface area contributed by atoms with Gasteiger partial charge in [0.1, 0.15) is 0 Å². The van der Waals surface area contributed by atoms with Gasteiger partial charge in [0, 0.05) is 17.8 Å². The molecule has 7 nitrogen and oxygen atoms in total. The van der Waals surface area contributed by atoms with Crippen LogP contribution in [-0.2, 0) is 6.54 Å². The van der Waals surface area contributed by atoms with Crippen LogP contribution in [0.25, 0.3) is 5.52 Å². The monoisotopic (exact) mass is 507 g/mol. The van der Waals surface area contributed by atoms with E-state index in [1.54, 1.807) is 4.57 Å². The Labute approximate surface area is 218 Å². The third-order valence-corrected chi connectivity index (χ3v) is 6.33. The number of benzene rings is 2. The van der Waals surface area contributed by atoms with Crippen molar-refractivity contribution in [2.24, 2.45) is 5.73 Å². The standard InChI is InChI=1S/C28H33N5O2.ClH/c1-4-25(31(16-8-15-29)27(34)23-13-11-20(2)12-14-23)26-18-24-17-21(3)30-33(24)28(35)32(26)19-22-9-6-5-7-10-22;/h5-7,9-14,17-18,25H,4,8,15-16,19,29H2,1-3H3;1H/t25-;/m1./s1. The number of carbonyl (C=O) groups is 1. The van der Waals surface area contributed by atoms with Gasteiger partial charge in [-0.25, -0.2) is 4.79 Å². The molecule has 2 N–H and O–H groups in total. The number of nitrogens with zero attached hydrogens (tertiary/aromatic N) is 4. The normalized spacial score (nSPS) is 11.8. The number of hydrogen-bond acceptors (Lipinski definition) is 4. The van der Waals surface area contributed by atoms with E-state index in [-0.39, 0.29) is 30.0 Å². The number of halogens is 1. The van der Waals surface area contributed by atoms with Crippen LogP contribution in [0.15, 0.2) is 71.5 Å². The highest BCUT2D eigenvalue weighted by atomic mass is 35.5. The van der Waals surface area contributed by atoms with Crippen LogP contribution < -0.4 is 11.4 Å². The number of aromatic nitrogens is 3. The minimum Gasteiger partial charge on any atom is -0.330 e. The van der Waals surface area contributed by atoms with E-state index in [0.29, 0.717) is 38.0 Å². The molecule has 36 heavy (non-hydrogen) atoms. The molecule has 2 aromatic heterocycles. The average Bonchev–Trinajstić information content (AvgIpc) is 3.25. The lowest BCUT2D eigenvalue weighted by atomic mass is 10.0. The molecule has 4 rings (SSSR count). The molecule has 0 unspecified atom stereocenters. The summed E-state index contributed by atoms with van der Waals surface area (Å²) in [5, 5.41) is 4.41. The summed E-state index contributed by atoms with van der Waals surface area (Å²) < 4.78 is 3.20. The lowest BCUT2D eigenvalue weighted by Crippen LogP contribution is -2.40. The molecular weight excluding hydrogens is 474 g/mol. The van der Waals surface area contributed by atoms with Crippen molar-refractivity contribution in [3.63, 3.8) is 0 Å². The van der Waals surface area contributed by atoms with Crippen LogP contribution in [0, 0.1) is 13.8 Å². The van der Waals surface area contributed by atoms with Gasteiger partial charge in [0.2, 0.25) is 0 Å². The zero-order valence-corrected chi connectivity index (χ0v) is 21.9. The molecule has 0 radical (unpaired) electrons. The second-order valence-corrected chi connectivity index (χ2v) is 8.98. The molecule has 4 aromatic rings. The molecule has 0 bridgehead atoms. The van der Waals surface area contributed by atoms with Gasteiger partial charge in [0.05, 0.1) is 23.8 Å². The third-order valence-electron chi connectivity index (χ3n) is 6.33. The number of amides is 1. The first kappa shape index (κ1) is 27.2. The summed E-state index contributed by atoms with van der Waals surface area (Å²) in [6.45, 7) is 7.30. The van der Waals surface area contributed by atoms with E-state index in [1.165, 1.54) is 4.52 Å². The van der Waals surface area contributed by atoms with Gasteiger partial charge in [-0.1, -0.05) is 55.0 Å². The first-order valence-electron chi connectivity index (χ1n) is 12.1. The highest BCUT2D eigenvalue weighted by Crippen LogP contribution is 2.27. The highest BCUT2D eigenvalue weighted by molar-refractivity contribution is 5.94. The molecule has 2 aromatic carbocycles. The summed E-state index contributed by atoms with van der Waals surface area (Å²) in [5.41, 5.74) is 10.7. The van der Waals surface area contributed by atoms with Gasteiger partial charge < -0.3 is 10.6 Å². The maximum atomic E-state index is 13.7. The minimum atomic E-state index is -0.299. The van der Waals surface area contributed by atoms with Crippen molar-refractivity contribution in [2.45, 2.75) is 46.2 Å². The lowest BCUT2D eigenvalue weighted by molar-refractivity contribution is 0.0660. The second-order valence-electron chi connectivity index (χ2n) is 8.98. The molecule has 0 fully saturated rings. The Hall–Kier alpha value is -3.42. The van der Waals surface area contributed by atoms with E-state index in [9.17, 15) is 9.59 Å². The largest absolute Gasteiger partial charge is 0.349 e. The summed E-state index contributed by atoms with van der Waals surface area (Å²) in [6.07, 6.45) is 1.32. The first-order valence-corrected chi connectivity index (χ1v) is 12.1. The van der Waals surface area contributed by atoms with E-state index in [2.05, 4.69) is 5.10 Å². The molecule has 0 aliphatic rings. The molecule has 1 amide bonds. The summed E-state index contributed by atoms with van der Waals surface area (Å²) in [5.74, 6) is -0.0615. The SMILES string of the molecule is CC[C@H](c1cc2cc(C)nn2c(=O)n1Cc1ccccc1)N(CCCN)C(=O)c1ccc(C)cc1.Cl. The molecule has 0 spiro atoms. The van der Waals surface area contributed by atoms with E-state index in [0.717, 1.165) is 28.0 Å². The smallest absolute Gasteiger partial charge is 0.330 e. The van der Waals surface area contributed by atoms with Crippen LogP contribution in [0.3, 0.4) is 0 Å². The van der Waals surface area contributed by atoms with E-state index in [1.807, 2.05) is 92.4 Å². The fourth-order valence-electron chi connectivity index (χ4n) is 4.54. The van der Waals surface area contributed by atoms with Crippen LogP contribution in [0.2, 0.25) is 0 Å². The molecule has 190 valence electrons. The summed E-state index contributed by atoms with van der Waals surface area (Å²) >= 11 is 0. The Morgan fingerprint density at radius 3 is 2.39 bits per heavy atom. The highest BCUT2D eigenvalue weighted by Gasteiger charge is 2.28. The van der Waals surface area contributed by atoms with Crippen LogP contribution in [0.4, 0.5) is 0 Å². The third kappa shape index (κ3) is 5.69. The van der Waals surface area contributed by atoms with Crippen LogP contribution >= 0.6 is 12.4 Å². The predicted octanol–water partition coefficient (Wildman–Crippen LogP) is 4.53. The van der Waals surface area contributed by atoms with Gasteiger partial charge in [-0.3, -0.25) is 9.36 Å². The van der Waals surface area contributed by atoms with E-state index < -0.39 is 0 Å². The predicted molar refractivity (Wildman–Crippen MR) is 146 cm³/mol. The molecule has 0 aliphatic heterocycles. The fraction of sp³-hybridized carbons (Fsp3) is 0.321. The summed E-state index contributed by atoms with van der Waals surface area (Å²) in [7, 11) is 0. The number of aryl methyl sites for hydroxylation is 2. The Balaban J connectivity index is 0.00000361. The van der Waals surface area contributed by atoms with Crippen molar-refractivity contribution in [2.75, 3.05) is 13.1 Å². The average molecular weight is 508 g/mol. The summed E-state index contributed by atoms with van der Waals surface area (Å²) in [6, 6.07) is 21.1. The lowest BCUT2D eigenvalue weighted by Gasteiger charge is -2.33. The zero-order chi connectivity index (χ0) is 24.9. The number of fused-ring (bicyclic) bond motifs is 1. The van der Waals surface area contributed by atoms with Crippen molar-refractivity contribution < 1.29 is 4.79 Å². The van der Waals surface area contributed by atoms with Gasteiger partial charge >= 0.3 is 5.69 Å². The maximum Gasteiger partial charge on any atom is 0.349 e. The van der Waals surface area contributed by atoms with Crippen molar-refractivity contribution in [1.29, 1.82) is 0 Å².